The highest BCUT2D eigenvalue weighted by Gasteiger charge is 2.24. The van der Waals surface area contributed by atoms with Gasteiger partial charge in [0, 0.05) is 17.3 Å². The van der Waals surface area contributed by atoms with Gasteiger partial charge in [0.1, 0.15) is 0 Å². The maximum Gasteiger partial charge on any atom is 0.269 e. The number of aromatic nitrogens is 6. The van der Waals surface area contributed by atoms with Crippen LogP contribution in [0.4, 0.5) is 0 Å². The third-order valence-corrected chi connectivity index (χ3v) is 5.34. The molecular formula is C26H18N6O2. The second-order valence-corrected chi connectivity index (χ2v) is 7.73. The predicted molar refractivity (Wildman–Crippen MR) is 126 cm³/mol. The van der Waals surface area contributed by atoms with E-state index in [0.717, 1.165) is 22.4 Å². The molecule has 0 atom stereocenters. The van der Waals surface area contributed by atoms with Gasteiger partial charge in [0.25, 0.3) is 11.8 Å². The highest BCUT2D eigenvalue weighted by atomic mass is 16.4. The van der Waals surface area contributed by atoms with E-state index in [-0.39, 0.29) is 5.89 Å². The molecule has 0 unspecified atom stereocenters. The Labute approximate surface area is 194 Å². The standard InChI is InChI=1S/C26H18N6O2/c1-17-12-14-20(15-13-17)32-16-21(25-29-27-23(33-25)18-8-4-2-5-9-18)22(31-32)26-30-28-24(34-26)19-10-6-3-7-11-19/h2-16H,1H3. The first kappa shape index (κ1) is 19.8. The Morgan fingerprint density at radius 3 is 1.74 bits per heavy atom. The Kier molecular flexibility index (Phi) is 4.81. The van der Waals surface area contributed by atoms with Crippen molar-refractivity contribution < 1.29 is 8.83 Å². The molecular weight excluding hydrogens is 428 g/mol. The molecule has 3 aromatic heterocycles. The molecule has 0 aliphatic heterocycles. The van der Waals surface area contributed by atoms with Gasteiger partial charge in [-0.05, 0) is 43.3 Å². The lowest BCUT2D eigenvalue weighted by molar-refractivity contribution is 0.576. The summed E-state index contributed by atoms with van der Waals surface area (Å²) in [7, 11) is 0. The normalized spacial score (nSPS) is 11.1. The number of nitrogens with zero attached hydrogens (tertiary/aromatic N) is 6. The average molecular weight is 446 g/mol. The van der Waals surface area contributed by atoms with Crippen molar-refractivity contribution in [3.8, 4) is 51.6 Å². The van der Waals surface area contributed by atoms with Crippen molar-refractivity contribution in [1.82, 2.24) is 30.2 Å². The van der Waals surface area contributed by atoms with Crippen LogP contribution in [0.25, 0.3) is 51.6 Å². The van der Waals surface area contributed by atoms with Gasteiger partial charge in [-0.15, -0.1) is 20.4 Å². The lowest BCUT2D eigenvalue weighted by Gasteiger charge is -2.00. The molecule has 0 spiro atoms. The molecule has 0 saturated heterocycles. The molecule has 0 bridgehead atoms. The van der Waals surface area contributed by atoms with Crippen LogP contribution in [0.5, 0.6) is 0 Å². The molecule has 0 aliphatic carbocycles. The molecule has 8 nitrogen and oxygen atoms in total. The van der Waals surface area contributed by atoms with Gasteiger partial charge in [-0.1, -0.05) is 54.1 Å². The largest absolute Gasteiger partial charge is 0.416 e. The Morgan fingerprint density at radius 2 is 1.12 bits per heavy atom. The summed E-state index contributed by atoms with van der Waals surface area (Å²) >= 11 is 0. The lowest BCUT2D eigenvalue weighted by Crippen LogP contribution is -1.94. The van der Waals surface area contributed by atoms with Crippen LogP contribution in [0.15, 0.2) is 100.0 Å². The molecule has 34 heavy (non-hydrogen) atoms. The van der Waals surface area contributed by atoms with E-state index in [9.17, 15) is 0 Å². The minimum Gasteiger partial charge on any atom is -0.416 e. The summed E-state index contributed by atoms with van der Waals surface area (Å²) in [4.78, 5) is 0. The number of hydrogen-bond donors (Lipinski definition) is 0. The van der Waals surface area contributed by atoms with Gasteiger partial charge in [-0.3, -0.25) is 0 Å². The molecule has 0 aliphatic rings. The van der Waals surface area contributed by atoms with E-state index in [0.29, 0.717) is 28.9 Å². The molecule has 0 radical (unpaired) electrons. The highest BCUT2D eigenvalue weighted by molar-refractivity contribution is 5.73. The zero-order valence-corrected chi connectivity index (χ0v) is 18.2. The number of aryl methyl sites for hydroxylation is 1. The van der Waals surface area contributed by atoms with Crippen LogP contribution in [0, 0.1) is 6.92 Å². The van der Waals surface area contributed by atoms with E-state index in [1.165, 1.54) is 0 Å². The van der Waals surface area contributed by atoms with E-state index in [4.69, 9.17) is 13.9 Å². The molecule has 0 fully saturated rings. The predicted octanol–water partition coefficient (Wildman–Crippen LogP) is 5.61. The van der Waals surface area contributed by atoms with Gasteiger partial charge in [0.2, 0.25) is 11.8 Å². The Balaban J connectivity index is 1.46. The molecule has 6 rings (SSSR count). The van der Waals surface area contributed by atoms with Gasteiger partial charge >= 0.3 is 0 Å². The summed E-state index contributed by atoms with van der Waals surface area (Å²) in [6, 6.07) is 27.2. The molecule has 8 heteroatoms. The number of benzene rings is 3. The fraction of sp³-hybridized carbons (Fsp3) is 0.0385. The first-order valence-corrected chi connectivity index (χ1v) is 10.7. The topological polar surface area (TPSA) is 95.7 Å². The Morgan fingerprint density at radius 1 is 0.588 bits per heavy atom. The zero-order valence-electron chi connectivity index (χ0n) is 18.2. The molecule has 3 heterocycles. The van der Waals surface area contributed by atoms with Crippen molar-refractivity contribution in [2.24, 2.45) is 0 Å². The first-order valence-electron chi connectivity index (χ1n) is 10.7. The Hall–Kier alpha value is -4.85. The maximum atomic E-state index is 6.01. The fourth-order valence-corrected chi connectivity index (χ4v) is 3.56. The maximum absolute atomic E-state index is 6.01. The van der Waals surface area contributed by atoms with E-state index in [2.05, 4.69) is 20.4 Å². The van der Waals surface area contributed by atoms with Crippen molar-refractivity contribution in [3.05, 3.63) is 96.7 Å². The smallest absolute Gasteiger partial charge is 0.269 e. The van der Waals surface area contributed by atoms with Crippen molar-refractivity contribution in [3.63, 3.8) is 0 Å². The molecule has 0 saturated carbocycles. The molecule has 164 valence electrons. The van der Waals surface area contributed by atoms with Crippen LogP contribution < -0.4 is 0 Å². The third-order valence-electron chi connectivity index (χ3n) is 5.34. The van der Waals surface area contributed by atoms with Crippen LogP contribution in [0.1, 0.15) is 5.56 Å². The summed E-state index contributed by atoms with van der Waals surface area (Å²) in [5.74, 6) is 1.40. The fourth-order valence-electron chi connectivity index (χ4n) is 3.56. The van der Waals surface area contributed by atoms with E-state index >= 15 is 0 Å². The molecule has 3 aromatic carbocycles. The number of rotatable bonds is 5. The van der Waals surface area contributed by atoms with Crippen LogP contribution in [-0.4, -0.2) is 30.2 Å². The third kappa shape index (κ3) is 3.67. The summed E-state index contributed by atoms with van der Waals surface area (Å²) in [6.45, 7) is 2.04. The van der Waals surface area contributed by atoms with Crippen LogP contribution in [-0.2, 0) is 0 Å². The zero-order chi connectivity index (χ0) is 22.9. The average Bonchev–Trinajstić information content (AvgIpc) is 3.65. The molecule has 6 aromatic rings. The monoisotopic (exact) mass is 446 g/mol. The highest BCUT2D eigenvalue weighted by Crippen LogP contribution is 2.33. The van der Waals surface area contributed by atoms with E-state index < -0.39 is 0 Å². The van der Waals surface area contributed by atoms with Gasteiger partial charge in [-0.25, -0.2) is 4.68 Å². The van der Waals surface area contributed by atoms with E-state index in [1.54, 1.807) is 4.68 Å². The minimum absolute atomic E-state index is 0.263. The minimum atomic E-state index is 0.263. The summed E-state index contributed by atoms with van der Waals surface area (Å²) in [5, 5.41) is 21.7. The second-order valence-electron chi connectivity index (χ2n) is 7.73. The van der Waals surface area contributed by atoms with Crippen LogP contribution in [0.2, 0.25) is 0 Å². The van der Waals surface area contributed by atoms with Gasteiger partial charge in [0.05, 0.1) is 11.3 Å². The summed E-state index contributed by atoms with van der Waals surface area (Å²) in [5.41, 5.74) is 4.74. The van der Waals surface area contributed by atoms with Gasteiger partial charge < -0.3 is 8.83 Å². The van der Waals surface area contributed by atoms with Gasteiger partial charge in [-0.2, -0.15) is 5.10 Å². The van der Waals surface area contributed by atoms with Crippen LogP contribution in [0.3, 0.4) is 0 Å². The number of hydrogen-bond acceptors (Lipinski definition) is 7. The summed E-state index contributed by atoms with van der Waals surface area (Å²) in [6.07, 6.45) is 1.83. The summed E-state index contributed by atoms with van der Waals surface area (Å²) < 4.78 is 13.7. The van der Waals surface area contributed by atoms with Gasteiger partial charge in [0.15, 0.2) is 5.69 Å². The van der Waals surface area contributed by atoms with Crippen molar-refractivity contribution in [2.45, 2.75) is 6.92 Å². The molecule has 0 N–H and O–H groups in total. The Bertz CT molecular complexity index is 1450. The second kappa shape index (κ2) is 8.25. The van der Waals surface area contributed by atoms with Crippen LogP contribution >= 0.6 is 0 Å². The SMILES string of the molecule is Cc1ccc(-n2cc(-c3nnc(-c4ccccc4)o3)c(-c3nnc(-c4ccccc4)o3)n2)cc1. The van der Waals surface area contributed by atoms with Crippen molar-refractivity contribution >= 4 is 0 Å². The lowest BCUT2D eigenvalue weighted by atomic mass is 10.2. The van der Waals surface area contributed by atoms with E-state index in [1.807, 2.05) is 98.0 Å². The first-order chi connectivity index (χ1) is 16.7. The quantitative estimate of drug-likeness (QED) is 0.339. The van der Waals surface area contributed by atoms with Crippen molar-refractivity contribution in [2.75, 3.05) is 0 Å². The molecule has 0 amide bonds. The van der Waals surface area contributed by atoms with Crippen molar-refractivity contribution in [1.29, 1.82) is 0 Å².